The van der Waals surface area contributed by atoms with E-state index >= 15 is 0 Å². The number of ether oxygens (including phenoxy) is 4. The van der Waals surface area contributed by atoms with Crippen LogP contribution in [0.3, 0.4) is 0 Å². The number of aromatic nitrogens is 4. The smallest absolute Gasteiger partial charge is 0.303 e. The molecule has 416 valence electrons. The number of esters is 2. The molecule has 10 aliphatic rings. The first-order valence-corrected chi connectivity index (χ1v) is 28.7. The third kappa shape index (κ3) is 7.89. The third-order valence-corrected chi connectivity index (χ3v) is 21.7. The summed E-state index contributed by atoms with van der Waals surface area (Å²) < 4.78 is 26.6. The molecular weight excluding hydrogens is 981 g/mol. The van der Waals surface area contributed by atoms with Crippen molar-refractivity contribution in [2.45, 2.75) is 201 Å². The number of carbonyl (C=O) groups is 5. The summed E-state index contributed by atoms with van der Waals surface area (Å²) >= 11 is 0. The second-order valence-electron chi connectivity index (χ2n) is 25.7. The van der Waals surface area contributed by atoms with E-state index in [1.54, 1.807) is 18.5 Å². The predicted molar refractivity (Wildman–Crippen MR) is 285 cm³/mol. The SMILES string of the molecule is CCC(=O)Cn1cc2c(n1)C=C1CC[C@@H]3[C@H]([C@@H](O)C[C@@]4(C)[C@H]3C[C@H]3OC(C)=N[C@]34C(=O)COC(C)=O)[C@@]1(C)C2.CCCCn1ncc2c1C=C1CC[C@@H]3[C@H]([C@@H](O)C[C@@]4(C)[C@H]3C[C@H]3OC(C)=N[C@]34C(=O)COC(C)=O)[C@@]1(C)C2. The highest BCUT2D eigenvalue weighted by Crippen LogP contribution is 2.71. The fourth-order valence-electron chi connectivity index (χ4n) is 18.6. The second kappa shape index (κ2) is 18.9. The summed E-state index contributed by atoms with van der Waals surface area (Å²) in [6.45, 7) is 19.6. The van der Waals surface area contributed by atoms with E-state index in [2.05, 4.69) is 51.5 Å². The number of hydrogen-bond acceptors (Lipinski definition) is 15. The molecule has 4 heterocycles. The van der Waals surface area contributed by atoms with Crippen molar-refractivity contribution in [2.75, 3.05) is 13.2 Å². The Bertz CT molecular complexity index is 2930. The molecular formula is C60H80N6O11. The number of rotatable bonds is 12. The van der Waals surface area contributed by atoms with Gasteiger partial charge in [0, 0.05) is 57.7 Å². The van der Waals surface area contributed by atoms with E-state index < -0.39 is 52.2 Å². The van der Waals surface area contributed by atoms with Crippen LogP contribution in [0.25, 0.3) is 12.2 Å². The number of aliphatic imine (C=N–C) groups is 2. The first-order valence-electron chi connectivity index (χ1n) is 28.7. The summed E-state index contributed by atoms with van der Waals surface area (Å²) in [6.07, 6.45) is 17.1. The minimum atomic E-state index is -1.16. The average molecular weight is 1060 g/mol. The molecule has 0 unspecified atom stereocenters. The molecule has 17 heteroatoms. The summed E-state index contributed by atoms with van der Waals surface area (Å²) in [5, 5.41) is 33.3. The Balaban J connectivity index is 0.000000164. The first-order chi connectivity index (χ1) is 36.5. The zero-order chi connectivity index (χ0) is 54.9. The van der Waals surface area contributed by atoms with Crippen LogP contribution in [0, 0.1) is 57.2 Å². The van der Waals surface area contributed by atoms with Gasteiger partial charge in [0.15, 0.2) is 41.9 Å². The number of Topliss-reactive ketones (excluding diaryl/α,β-unsaturated/α-hetero) is 3. The first kappa shape index (κ1) is 53.7. The molecule has 0 spiro atoms. The number of carbonyl (C=O) groups excluding carboxylic acids is 5. The maximum atomic E-state index is 13.8. The van der Waals surface area contributed by atoms with Gasteiger partial charge in [0.25, 0.3) is 0 Å². The van der Waals surface area contributed by atoms with Gasteiger partial charge in [0.05, 0.1) is 36.3 Å². The zero-order valence-electron chi connectivity index (χ0n) is 46.9. The Morgan fingerprint density at radius 2 is 1.25 bits per heavy atom. The highest BCUT2D eigenvalue weighted by molar-refractivity contribution is 5.98. The van der Waals surface area contributed by atoms with Crippen molar-refractivity contribution in [3.8, 4) is 0 Å². The van der Waals surface area contributed by atoms with Crippen molar-refractivity contribution in [3.05, 3.63) is 46.1 Å². The Morgan fingerprint density at radius 3 is 1.74 bits per heavy atom. The van der Waals surface area contributed by atoms with E-state index in [4.69, 9.17) is 39.1 Å². The van der Waals surface area contributed by atoms with Crippen molar-refractivity contribution >= 4 is 53.2 Å². The topological polar surface area (TPSA) is 223 Å². The third-order valence-electron chi connectivity index (χ3n) is 21.7. The Kier molecular flexibility index (Phi) is 13.2. The maximum Gasteiger partial charge on any atom is 0.303 e. The van der Waals surface area contributed by atoms with Gasteiger partial charge in [-0.05, 0) is 140 Å². The van der Waals surface area contributed by atoms with Gasteiger partial charge in [-0.1, -0.05) is 59.1 Å². The van der Waals surface area contributed by atoms with Crippen molar-refractivity contribution < 1.29 is 53.1 Å². The van der Waals surface area contributed by atoms with Gasteiger partial charge < -0.3 is 29.2 Å². The number of aliphatic hydroxyl groups is 2. The molecule has 8 aliphatic carbocycles. The number of fused-ring (bicyclic) bond motifs is 16. The Morgan fingerprint density at radius 1 is 0.740 bits per heavy atom. The van der Waals surface area contributed by atoms with Crippen LogP contribution < -0.4 is 0 Å². The molecule has 16 atom stereocenters. The summed E-state index contributed by atoms with van der Waals surface area (Å²) in [7, 11) is 0. The lowest BCUT2D eigenvalue weighted by atomic mass is 9.45. The lowest BCUT2D eigenvalue weighted by Crippen LogP contribution is -2.62. The molecule has 2 N–H and O–H groups in total. The zero-order valence-corrected chi connectivity index (χ0v) is 46.9. The van der Waals surface area contributed by atoms with Crippen molar-refractivity contribution in [1.29, 1.82) is 0 Å². The standard InChI is InChI=1S/C30H39N3O6.C30H41N3O5/c1-6-20(35)14-33-13-18-11-28(4)19(9-23(18)32-33)7-8-21-22-10-26-30(31-16(2)39-26,25(37)15-38-17(3)34)29(22,5)12-24(36)27(21)28;1-6-7-10-33-23-11-20-8-9-21-22-12-26-30(32-17(2)38-26,25(36)16-37-18(3)34)29(22,5)14-24(35)27(21)28(20,4)13-19(23)15-31-33/h9,13,21-22,24,26-27,36H,6-8,10-12,14-15H2,1-5H3;11,15,21-22,24,26-27,35H,6-10,12-14,16H2,1-5H3/t2*21-,22-,24-,26+,27+,28-,29-,30+/m00/s1. The lowest BCUT2D eigenvalue weighted by Gasteiger charge is -2.60. The summed E-state index contributed by atoms with van der Waals surface area (Å²) in [5.41, 5.74) is 3.43. The number of aryl methyl sites for hydroxylation is 1. The molecule has 2 aromatic heterocycles. The van der Waals surface area contributed by atoms with Crippen LogP contribution in [0.2, 0.25) is 0 Å². The van der Waals surface area contributed by atoms with Crippen LogP contribution in [0.4, 0.5) is 0 Å². The Hall–Kier alpha value is -5.29. The van der Waals surface area contributed by atoms with Crippen LogP contribution in [0.15, 0.2) is 33.5 Å². The van der Waals surface area contributed by atoms with Gasteiger partial charge in [0.2, 0.25) is 11.6 Å². The van der Waals surface area contributed by atoms with Gasteiger partial charge in [-0.15, -0.1) is 0 Å². The number of ketones is 3. The molecule has 0 radical (unpaired) electrons. The molecule has 12 rings (SSSR count). The van der Waals surface area contributed by atoms with E-state index in [1.165, 1.54) is 36.3 Å². The predicted octanol–water partition coefficient (Wildman–Crippen LogP) is 7.45. The highest BCUT2D eigenvalue weighted by atomic mass is 16.5. The van der Waals surface area contributed by atoms with E-state index in [0.29, 0.717) is 37.5 Å². The van der Waals surface area contributed by atoms with E-state index in [9.17, 15) is 34.2 Å². The fraction of sp³-hybridized carbons (Fsp3) is 0.717. The molecule has 17 nitrogen and oxygen atoms in total. The monoisotopic (exact) mass is 1060 g/mol. The van der Waals surface area contributed by atoms with Crippen molar-refractivity contribution in [3.63, 3.8) is 0 Å². The molecule has 0 aromatic carbocycles. The van der Waals surface area contributed by atoms with Crippen molar-refractivity contribution in [1.82, 2.24) is 19.6 Å². The number of allylic oxidation sites excluding steroid dienone is 2. The van der Waals surface area contributed by atoms with Crippen LogP contribution in [-0.4, -0.2) is 120 Å². The second-order valence-corrected chi connectivity index (χ2v) is 25.7. The molecule has 0 bridgehead atoms. The molecule has 0 amide bonds. The van der Waals surface area contributed by atoms with Gasteiger partial charge in [-0.3, -0.25) is 33.3 Å². The van der Waals surface area contributed by atoms with Crippen molar-refractivity contribution in [2.24, 2.45) is 67.2 Å². The maximum absolute atomic E-state index is 13.8. The number of nitrogens with zero attached hydrogens (tertiary/aromatic N) is 6. The minimum Gasteiger partial charge on any atom is -0.475 e. The largest absolute Gasteiger partial charge is 0.475 e. The van der Waals surface area contributed by atoms with Crippen LogP contribution in [0.5, 0.6) is 0 Å². The van der Waals surface area contributed by atoms with Crippen LogP contribution >= 0.6 is 0 Å². The average Bonchev–Trinajstić information content (AvgIpc) is 4.23. The van der Waals surface area contributed by atoms with E-state index in [-0.39, 0.29) is 89.5 Å². The van der Waals surface area contributed by atoms with Gasteiger partial charge >= 0.3 is 11.9 Å². The quantitative estimate of drug-likeness (QED) is 0.198. The van der Waals surface area contributed by atoms with E-state index in [0.717, 1.165) is 75.6 Å². The molecule has 77 heavy (non-hydrogen) atoms. The molecule has 6 fully saturated rings. The summed E-state index contributed by atoms with van der Waals surface area (Å²) in [5.74, 6) is 0.584. The summed E-state index contributed by atoms with van der Waals surface area (Å²) in [6, 6.07) is 0. The number of aliphatic hydroxyl groups excluding tert-OH is 2. The molecule has 2 aliphatic heterocycles. The van der Waals surface area contributed by atoms with Crippen LogP contribution in [0.1, 0.15) is 162 Å². The van der Waals surface area contributed by atoms with Gasteiger partial charge in [-0.2, -0.15) is 10.2 Å². The normalized spacial score (nSPS) is 40.1. The number of hydrogen-bond donors (Lipinski definition) is 2. The fourth-order valence-corrected chi connectivity index (χ4v) is 18.6. The molecule has 2 aromatic rings. The molecule has 6 saturated carbocycles. The number of unbranched alkanes of at least 4 members (excludes halogenated alkanes) is 1. The van der Waals surface area contributed by atoms with Gasteiger partial charge in [-0.25, -0.2) is 9.98 Å². The highest BCUT2D eigenvalue weighted by Gasteiger charge is 2.76. The minimum absolute atomic E-state index is 0.0221. The van der Waals surface area contributed by atoms with Gasteiger partial charge in [0.1, 0.15) is 12.2 Å². The molecule has 0 saturated heterocycles. The van der Waals surface area contributed by atoms with Crippen LogP contribution in [-0.2, 0) is 68.9 Å². The Labute approximate surface area is 452 Å². The summed E-state index contributed by atoms with van der Waals surface area (Å²) in [4.78, 5) is 72.4. The lowest BCUT2D eigenvalue weighted by molar-refractivity contribution is -0.156. The van der Waals surface area contributed by atoms with E-state index in [1.807, 2.05) is 19.3 Å².